The van der Waals surface area contributed by atoms with E-state index in [2.05, 4.69) is 25.2 Å². The molecule has 0 aromatic heterocycles. The lowest BCUT2D eigenvalue weighted by atomic mass is 10.2. The fourth-order valence-electron chi connectivity index (χ4n) is 3.93. The first-order valence-electron chi connectivity index (χ1n) is 10.5. The molecule has 0 bridgehead atoms. The Labute approximate surface area is 193 Å². The summed E-state index contributed by atoms with van der Waals surface area (Å²) in [6.07, 6.45) is 8.26. The van der Waals surface area contributed by atoms with Crippen LogP contribution in [0, 0.1) is 5.82 Å². The minimum Gasteiger partial charge on any atom is -0.368 e. The summed E-state index contributed by atoms with van der Waals surface area (Å²) in [4.78, 5) is 6.67. The highest BCUT2D eigenvalue weighted by Crippen LogP contribution is 2.32. The van der Waals surface area contributed by atoms with Crippen molar-refractivity contribution in [2.75, 3.05) is 36.1 Å². The van der Waals surface area contributed by atoms with Crippen molar-refractivity contribution in [1.29, 1.82) is 0 Å². The van der Waals surface area contributed by atoms with Crippen molar-refractivity contribution < 1.29 is 12.8 Å². The van der Waals surface area contributed by atoms with Gasteiger partial charge in [-0.25, -0.2) is 12.8 Å². The van der Waals surface area contributed by atoms with Crippen LogP contribution in [0.1, 0.15) is 19.8 Å². The third kappa shape index (κ3) is 5.25. The van der Waals surface area contributed by atoms with Crippen LogP contribution in [0.15, 0.2) is 58.1 Å². The number of hydrogen-bond donors (Lipinski definition) is 3. The minimum atomic E-state index is -3.69. The van der Waals surface area contributed by atoms with Gasteiger partial charge < -0.3 is 15.5 Å². The van der Waals surface area contributed by atoms with Gasteiger partial charge in [-0.3, -0.25) is 4.99 Å². The molecule has 172 valence electrons. The van der Waals surface area contributed by atoms with Crippen molar-refractivity contribution in [3.8, 4) is 0 Å². The molecule has 4 rings (SSSR count). The zero-order valence-electron chi connectivity index (χ0n) is 18.1. The maximum atomic E-state index is 14.0. The number of halogens is 1. The van der Waals surface area contributed by atoms with E-state index in [1.807, 2.05) is 19.2 Å². The molecule has 7 nitrogen and oxygen atoms in total. The Balaban J connectivity index is 1.54. The molecule has 0 amide bonds. The number of nitrogens with one attached hydrogen (secondary N) is 3. The second kappa shape index (κ2) is 9.38. The van der Waals surface area contributed by atoms with Gasteiger partial charge >= 0.3 is 0 Å². The molecule has 10 heteroatoms. The second-order valence-electron chi connectivity index (χ2n) is 8.29. The van der Waals surface area contributed by atoms with Crippen LogP contribution in [0.5, 0.6) is 0 Å². The number of benzene rings is 1. The summed E-state index contributed by atoms with van der Waals surface area (Å²) in [5.74, 6) is 0.278. The van der Waals surface area contributed by atoms with E-state index < -0.39 is 15.7 Å². The summed E-state index contributed by atoms with van der Waals surface area (Å²) in [6.45, 7) is 3.41. The Kier molecular flexibility index (Phi) is 6.75. The molecule has 1 aliphatic carbocycles. The van der Waals surface area contributed by atoms with E-state index in [9.17, 15) is 12.8 Å². The van der Waals surface area contributed by atoms with Crippen LogP contribution in [-0.2, 0) is 10.0 Å². The Morgan fingerprint density at radius 1 is 1.31 bits per heavy atom. The molecule has 1 saturated heterocycles. The minimum absolute atomic E-state index is 0.273. The van der Waals surface area contributed by atoms with Gasteiger partial charge in [0.05, 0.1) is 21.8 Å². The quantitative estimate of drug-likeness (QED) is 0.559. The molecule has 1 fully saturated rings. The molecule has 2 heterocycles. The van der Waals surface area contributed by atoms with Crippen molar-refractivity contribution in [2.24, 2.45) is 4.99 Å². The Morgan fingerprint density at radius 3 is 2.88 bits per heavy atom. The Bertz CT molecular complexity index is 1100. The first kappa shape index (κ1) is 23.0. The van der Waals surface area contributed by atoms with Gasteiger partial charge in [0.2, 0.25) is 10.0 Å². The van der Waals surface area contributed by atoms with Crippen LogP contribution in [0.4, 0.5) is 15.8 Å². The summed E-state index contributed by atoms with van der Waals surface area (Å²) in [7, 11) is -1.75. The average molecular weight is 478 g/mol. The number of likely N-dealkylation sites (N-methyl/N-ethyl adjacent to an activating group) is 1. The predicted octanol–water partition coefficient (Wildman–Crippen LogP) is 3.17. The predicted molar refractivity (Wildman–Crippen MR) is 131 cm³/mol. The highest BCUT2D eigenvalue weighted by atomic mass is 32.2. The maximum absolute atomic E-state index is 14.0. The van der Waals surface area contributed by atoms with Gasteiger partial charge in [-0.1, -0.05) is 6.08 Å². The van der Waals surface area contributed by atoms with Crippen molar-refractivity contribution in [3.63, 3.8) is 0 Å². The fourth-order valence-corrected chi connectivity index (χ4v) is 6.28. The normalized spacial score (nSPS) is 25.6. The molecular weight excluding hydrogens is 449 g/mol. The van der Waals surface area contributed by atoms with Gasteiger partial charge in [-0.15, -0.1) is 11.8 Å². The van der Waals surface area contributed by atoms with Gasteiger partial charge in [0, 0.05) is 37.0 Å². The Hall–Kier alpha value is -2.14. The van der Waals surface area contributed by atoms with Crippen molar-refractivity contribution in [2.45, 2.75) is 31.5 Å². The van der Waals surface area contributed by atoms with E-state index >= 15 is 0 Å². The molecule has 2 atom stereocenters. The van der Waals surface area contributed by atoms with Gasteiger partial charge in [0.15, 0.2) is 0 Å². The van der Waals surface area contributed by atoms with E-state index in [4.69, 9.17) is 0 Å². The number of aliphatic imine (C=N–C) groups is 1. The molecule has 32 heavy (non-hydrogen) atoms. The number of nitrogens with zero attached hydrogens (tertiary/aromatic N) is 2. The lowest BCUT2D eigenvalue weighted by Gasteiger charge is -2.23. The SMILES string of the molecule is CN[C@@H]1CCN(c2cc(F)ccc2NC2=CC=C(S(=O)(=O)NC3(C)CSC=N3)CC=C2)C1. The molecule has 1 aromatic rings. The lowest BCUT2D eigenvalue weighted by Crippen LogP contribution is -2.45. The third-order valence-electron chi connectivity index (χ3n) is 5.72. The molecule has 0 radical (unpaired) electrons. The van der Waals surface area contributed by atoms with Crippen molar-refractivity contribution in [3.05, 3.63) is 58.9 Å². The fraction of sp³-hybridized carbons (Fsp3) is 0.409. The molecule has 1 unspecified atom stereocenters. The molecule has 0 spiro atoms. The first-order valence-corrected chi connectivity index (χ1v) is 13.1. The highest BCUT2D eigenvalue weighted by Gasteiger charge is 2.33. The van der Waals surface area contributed by atoms with Crippen LogP contribution in [0.25, 0.3) is 0 Å². The van der Waals surface area contributed by atoms with Crippen molar-refractivity contribution in [1.82, 2.24) is 10.0 Å². The summed E-state index contributed by atoms with van der Waals surface area (Å²) < 4.78 is 42.5. The van der Waals surface area contributed by atoms with E-state index in [0.29, 0.717) is 11.8 Å². The number of sulfonamides is 1. The summed E-state index contributed by atoms with van der Waals surface area (Å²) in [5, 5.41) is 6.61. The van der Waals surface area contributed by atoms with E-state index in [1.165, 1.54) is 23.9 Å². The first-order chi connectivity index (χ1) is 15.3. The largest absolute Gasteiger partial charge is 0.368 e. The zero-order valence-corrected chi connectivity index (χ0v) is 19.8. The smallest absolute Gasteiger partial charge is 0.239 e. The van der Waals surface area contributed by atoms with Gasteiger partial charge in [-0.05, 0) is 56.8 Å². The molecule has 1 aromatic carbocycles. The van der Waals surface area contributed by atoms with Crippen LogP contribution in [-0.4, -0.2) is 51.6 Å². The number of anilines is 2. The van der Waals surface area contributed by atoms with Crippen LogP contribution < -0.4 is 20.3 Å². The number of hydrogen-bond acceptors (Lipinski definition) is 7. The topological polar surface area (TPSA) is 85.8 Å². The standard InChI is InChI=1S/C22H28FN5O2S2/c1-22(14-31-15-25-22)27-32(29,30)19-5-3-4-17(7-8-19)26-20-9-6-16(23)12-21(20)28-11-10-18(13-28)24-2/h3-4,6-9,12,15,18,24,26-27H,5,10-11,13-14H2,1-2H3/t18-,22?/m1/s1. The second-order valence-corrected chi connectivity index (χ2v) is 10.9. The summed E-state index contributed by atoms with van der Waals surface area (Å²) in [5.41, 5.74) is 3.15. The third-order valence-corrected chi connectivity index (χ3v) is 8.40. The van der Waals surface area contributed by atoms with Gasteiger partial charge in [0.1, 0.15) is 11.5 Å². The maximum Gasteiger partial charge on any atom is 0.239 e. The highest BCUT2D eigenvalue weighted by molar-refractivity contribution is 8.12. The number of thioether (sulfide) groups is 1. The van der Waals surface area contributed by atoms with Gasteiger partial charge in [0.25, 0.3) is 0 Å². The molecule has 3 aliphatic rings. The van der Waals surface area contributed by atoms with Crippen LogP contribution in [0.2, 0.25) is 0 Å². The lowest BCUT2D eigenvalue weighted by molar-refractivity contribution is 0.489. The molecule has 0 saturated carbocycles. The number of rotatable bonds is 7. The van der Waals surface area contributed by atoms with Crippen LogP contribution >= 0.6 is 11.8 Å². The van der Waals surface area contributed by atoms with Gasteiger partial charge in [-0.2, -0.15) is 4.72 Å². The summed E-state index contributed by atoms with van der Waals surface area (Å²) in [6, 6.07) is 5.05. The van der Waals surface area contributed by atoms with E-state index in [1.54, 1.807) is 30.7 Å². The van der Waals surface area contributed by atoms with E-state index in [-0.39, 0.29) is 17.1 Å². The average Bonchev–Trinajstić information content (AvgIpc) is 3.32. The molecular formula is C22H28FN5O2S2. The van der Waals surface area contributed by atoms with Crippen LogP contribution in [0.3, 0.4) is 0 Å². The molecule has 3 N–H and O–H groups in total. The zero-order chi connectivity index (χ0) is 22.8. The summed E-state index contributed by atoms with van der Waals surface area (Å²) >= 11 is 1.48. The van der Waals surface area contributed by atoms with E-state index in [0.717, 1.165) is 36.6 Å². The van der Waals surface area contributed by atoms with Crippen molar-refractivity contribution >= 4 is 38.7 Å². The molecule has 2 aliphatic heterocycles. The number of allylic oxidation sites excluding steroid dienone is 5. The Morgan fingerprint density at radius 2 is 2.16 bits per heavy atom. The monoisotopic (exact) mass is 477 g/mol.